The Morgan fingerprint density at radius 1 is 1.22 bits per heavy atom. The monoisotopic (exact) mass is 396 g/mol. The second-order valence-electron chi connectivity index (χ2n) is 7.62. The molecule has 0 bridgehead atoms. The summed E-state index contributed by atoms with van der Waals surface area (Å²) in [7, 11) is -0.639. The van der Waals surface area contributed by atoms with Gasteiger partial charge in [0.05, 0.1) is 24.7 Å². The number of hydrogen-bond donors (Lipinski definition) is 0. The molecule has 0 aromatic heterocycles. The van der Waals surface area contributed by atoms with Crippen molar-refractivity contribution < 1.29 is 22.7 Å². The van der Waals surface area contributed by atoms with Gasteiger partial charge in [-0.1, -0.05) is 0 Å². The van der Waals surface area contributed by atoms with E-state index in [1.807, 2.05) is 6.92 Å². The zero-order chi connectivity index (χ0) is 19.8. The standard InChI is InChI=1S/C19H28N2O5S/c1-14-10-16(11-17(15(14)2)27(23,24)20(3)4)18(22)21-7-9-26-19(12-21)6-5-8-25-13-19/h10-11H,5-9,12-13H2,1-4H3/t19-/m0/s1. The fourth-order valence-corrected chi connectivity index (χ4v) is 4.90. The average molecular weight is 397 g/mol. The third-order valence-electron chi connectivity index (χ3n) is 5.45. The number of benzene rings is 1. The molecular formula is C19H28N2O5S. The smallest absolute Gasteiger partial charge is 0.254 e. The van der Waals surface area contributed by atoms with Crippen molar-refractivity contribution in [2.75, 3.05) is 47.0 Å². The maximum absolute atomic E-state index is 13.2. The van der Waals surface area contributed by atoms with Gasteiger partial charge in [-0.2, -0.15) is 0 Å². The first-order valence-electron chi connectivity index (χ1n) is 9.21. The highest BCUT2D eigenvalue weighted by atomic mass is 32.2. The Hall–Kier alpha value is -1.48. The Kier molecular flexibility index (Phi) is 5.63. The molecule has 0 N–H and O–H groups in total. The zero-order valence-electron chi connectivity index (χ0n) is 16.4. The van der Waals surface area contributed by atoms with E-state index in [0.717, 1.165) is 25.0 Å². The maximum Gasteiger partial charge on any atom is 0.254 e. The molecule has 2 aliphatic rings. The summed E-state index contributed by atoms with van der Waals surface area (Å²) in [5.74, 6) is -0.165. The van der Waals surface area contributed by atoms with Gasteiger partial charge in [0.1, 0.15) is 5.60 Å². The Morgan fingerprint density at radius 3 is 2.59 bits per heavy atom. The van der Waals surface area contributed by atoms with Crippen LogP contribution in [0.3, 0.4) is 0 Å². The minimum absolute atomic E-state index is 0.165. The molecule has 2 aliphatic heterocycles. The van der Waals surface area contributed by atoms with Crippen LogP contribution in [0.2, 0.25) is 0 Å². The molecule has 0 radical (unpaired) electrons. The number of rotatable bonds is 3. The van der Waals surface area contributed by atoms with Crippen LogP contribution < -0.4 is 0 Å². The van der Waals surface area contributed by atoms with E-state index >= 15 is 0 Å². The lowest BCUT2D eigenvalue weighted by Gasteiger charge is -2.44. The maximum atomic E-state index is 13.2. The van der Waals surface area contributed by atoms with E-state index in [2.05, 4.69) is 0 Å². The predicted octanol–water partition coefficient (Wildman–Crippen LogP) is 1.58. The summed E-state index contributed by atoms with van der Waals surface area (Å²) in [6.45, 7) is 6.23. The minimum Gasteiger partial charge on any atom is -0.378 e. The van der Waals surface area contributed by atoms with Crippen LogP contribution in [0.4, 0.5) is 0 Å². The lowest BCUT2D eigenvalue weighted by Crippen LogP contribution is -2.57. The summed E-state index contributed by atoms with van der Waals surface area (Å²) >= 11 is 0. The van der Waals surface area contributed by atoms with Crippen molar-refractivity contribution in [2.45, 2.75) is 37.2 Å². The number of amides is 1. The first kappa shape index (κ1) is 20.3. The van der Waals surface area contributed by atoms with Crippen molar-refractivity contribution in [2.24, 2.45) is 0 Å². The van der Waals surface area contributed by atoms with E-state index < -0.39 is 15.6 Å². The van der Waals surface area contributed by atoms with Gasteiger partial charge in [0.25, 0.3) is 5.91 Å². The van der Waals surface area contributed by atoms with E-state index in [4.69, 9.17) is 9.47 Å². The van der Waals surface area contributed by atoms with Crippen LogP contribution in [0.15, 0.2) is 17.0 Å². The zero-order valence-corrected chi connectivity index (χ0v) is 17.3. The quantitative estimate of drug-likeness (QED) is 0.775. The Labute approximate surface area is 161 Å². The molecule has 3 rings (SSSR count). The third kappa shape index (κ3) is 3.89. The summed E-state index contributed by atoms with van der Waals surface area (Å²) in [6.07, 6.45) is 1.78. The highest BCUT2D eigenvalue weighted by Gasteiger charge is 2.40. The molecule has 8 heteroatoms. The van der Waals surface area contributed by atoms with Crippen LogP contribution in [0.5, 0.6) is 0 Å². The van der Waals surface area contributed by atoms with Gasteiger partial charge >= 0.3 is 0 Å². The van der Waals surface area contributed by atoms with Gasteiger partial charge in [-0.3, -0.25) is 4.79 Å². The predicted molar refractivity (Wildman–Crippen MR) is 101 cm³/mol. The lowest BCUT2D eigenvalue weighted by atomic mass is 9.94. The molecule has 1 aromatic carbocycles. The van der Waals surface area contributed by atoms with Crippen LogP contribution in [0, 0.1) is 13.8 Å². The normalized spacial score (nSPS) is 23.8. The van der Waals surface area contributed by atoms with Crippen LogP contribution >= 0.6 is 0 Å². The van der Waals surface area contributed by atoms with E-state index in [0.29, 0.717) is 37.4 Å². The minimum atomic E-state index is -3.63. The highest BCUT2D eigenvalue weighted by molar-refractivity contribution is 7.89. The fraction of sp³-hybridized carbons (Fsp3) is 0.632. The molecule has 2 saturated heterocycles. The van der Waals surface area contributed by atoms with Crippen molar-refractivity contribution in [3.63, 3.8) is 0 Å². The molecule has 0 aliphatic carbocycles. The Bertz CT molecular complexity index is 823. The first-order chi connectivity index (χ1) is 12.7. The number of morpholine rings is 1. The summed E-state index contributed by atoms with van der Waals surface area (Å²) in [5, 5.41) is 0. The van der Waals surface area contributed by atoms with Crippen LogP contribution in [-0.4, -0.2) is 76.1 Å². The van der Waals surface area contributed by atoms with E-state index in [-0.39, 0.29) is 10.8 Å². The van der Waals surface area contributed by atoms with E-state index in [1.165, 1.54) is 24.5 Å². The lowest BCUT2D eigenvalue weighted by molar-refractivity contribution is -0.160. The van der Waals surface area contributed by atoms with Crippen LogP contribution in [0.1, 0.15) is 34.3 Å². The largest absolute Gasteiger partial charge is 0.378 e. The Morgan fingerprint density at radius 2 is 1.96 bits per heavy atom. The molecule has 0 saturated carbocycles. The van der Waals surface area contributed by atoms with Crippen molar-refractivity contribution >= 4 is 15.9 Å². The number of hydrogen-bond acceptors (Lipinski definition) is 5. The van der Waals surface area contributed by atoms with E-state index in [9.17, 15) is 13.2 Å². The average Bonchev–Trinajstić information content (AvgIpc) is 2.63. The number of carbonyl (C=O) groups is 1. The molecule has 1 aromatic rings. The molecule has 7 nitrogen and oxygen atoms in total. The van der Waals surface area contributed by atoms with Gasteiger partial charge < -0.3 is 14.4 Å². The molecule has 0 unspecified atom stereocenters. The van der Waals surface area contributed by atoms with Crippen molar-refractivity contribution in [1.82, 2.24) is 9.21 Å². The van der Waals surface area contributed by atoms with Gasteiger partial charge in [-0.25, -0.2) is 12.7 Å². The number of sulfonamides is 1. The van der Waals surface area contributed by atoms with Gasteiger partial charge in [0, 0.05) is 32.8 Å². The fourth-order valence-electron chi connectivity index (χ4n) is 3.68. The van der Waals surface area contributed by atoms with Gasteiger partial charge in [0.2, 0.25) is 10.0 Å². The van der Waals surface area contributed by atoms with Crippen LogP contribution in [0.25, 0.3) is 0 Å². The second kappa shape index (κ2) is 7.50. The molecule has 2 heterocycles. The topological polar surface area (TPSA) is 76.1 Å². The van der Waals surface area contributed by atoms with Gasteiger partial charge in [-0.15, -0.1) is 0 Å². The number of carbonyl (C=O) groups excluding carboxylic acids is 1. The molecule has 1 amide bonds. The second-order valence-corrected chi connectivity index (χ2v) is 9.74. The Balaban J connectivity index is 1.92. The van der Waals surface area contributed by atoms with Gasteiger partial charge in [0.15, 0.2) is 0 Å². The van der Waals surface area contributed by atoms with Crippen molar-refractivity contribution in [3.8, 4) is 0 Å². The molecule has 150 valence electrons. The van der Waals surface area contributed by atoms with Gasteiger partial charge in [-0.05, 0) is 49.9 Å². The SMILES string of the molecule is Cc1cc(C(=O)N2CCO[C@@]3(CCCOC3)C2)cc(S(=O)(=O)N(C)C)c1C. The molecule has 2 fully saturated rings. The highest BCUT2D eigenvalue weighted by Crippen LogP contribution is 2.29. The van der Waals surface area contributed by atoms with Crippen molar-refractivity contribution in [1.29, 1.82) is 0 Å². The number of aryl methyl sites for hydroxylation is 1. The third-order valence-corrected chi connectivity index (χ3v) is 7.39. The first-order valence-corrected chi connectivity index (χ1v) is 10.7. The molecule has 1 atom stereocenters. The van der Waals surface area contributed by atoms with E-state index in [1.54, 1.807) is 17.9 Å². The summed E-state index contributed by atoms with van der Waals surface area (Å²) in [6, 6.07) is 3.27. The van der Waals surface area contributed by atoms with Crippen LogP contribution in [-0.2, 0) is 19.5 Å². The van der Waals surface area contributed by atoms with Crippen molar-refractivity contribution in [3.05, 3.63) is 28.8 Å². The summed E-state index contributed by atoms with van der Waals surface area (Å²) < 4.78 is 38.0. The molecular weight excluding hydrogens is 368 g/mol. The molecule has 1 spiro atoms. The number of nitrogens with zero attached hydrogens (tertiary/aromatic N) is 2. The number of ether oxygens (including phenoxy) is 2. The summed E-state index contributed by atoms with van der Waals surface area (Å²) in [4.78, 5) is 15.1. The summed E-state index contributed by atoms with van der Waals surface area (Å²) in [5.41, 5.74) is 1.40. The molecule has 27 heavy (non-hydrogen) atoms.